The van der Waals surface area contributed by atoms with Gasteiger partial charge in [-0.2, -0.15) is 5.10 Å². The Kier molecular flexibility index (Phi) is 5.32. The third kappa shape index (κ3) is 3.43. The zero-order valence-corrected chi connectivity index (χ0v) is 18.8. The summed E-state index contributed by atoms with van der Waals surface area (Å²) in [6.45, 7) is 2.15. The molecule has 30 heavy (non-hydrogen) atoms. The molecule has 0 saturated carbocycles. The van der Waals surface area contributed by atoms with Crippen molar-refractivity contribution in [3.05, 3.63) is 112 Å². The summed E-state index contributed by atoms with van der Waals surface area (Å²) in [5.41, 5.74) is 4.21. The largest absolute Gasteiger partial charge is 0.258 e. The van der Waals surface area contributed by atoms with E-state index in [0.29, 0.717) is 5.02 Å². The normalized spacial score (nSPS) is 23.4. The summed E-state index contributed by atoms with van der Waals surface area (Å²) in [6.07, 6.45) is 0. The molecule has 0 N–H and O–H groups in total. The van der Waals surface area contributed by atoms with Crippen molar-refractivity contribution in [2.75, 3.05) is 0 Å². The maximum atomic E-state index is 14.0. The van der Waals surface area contributed by atoms with Gasteiger partial charge in [-0.25, -0.2) is 4.44 Å². The fraction of sp³-hybridized carbons (Fsp3) is 0.167. The monoisotopic (exact) mass is 450 g/mol. The van der Waals surface area contributed by atoms with Gasteiger partial charge < -0.3 is 0 Å². The van der Waals surface area contributed by atoms with Crippen LogP contribution in [0.15, 0.2) is 84.9 Å². The highest BCUT2D eigenvalue weighted by atomic mass is 35.5. The minimum atomic E-state index is -1.13. The van der Waals surface area contributed by atoms with Crippen LogP contribution in [0.4, 0.5) is 0 Å². The van der Waals surface area contributed by atoms with E-state index in [-0.39, 0.29) is 16.4 Å². The molecule has 0 saturated heterocycles. The van der Waals surface area contributed by atoms with Gasteiger partial charge in [-0.3, -0.25) is 4.21 Å². The molecule has 0 bridgehead atoms. The van der Waals surface area contributed by atoms with Crippen LogP contribution in [0.1, 0.15) is 45.5 Å². The van der Waals surface area contributed by atoms with Crippen LogP contribution >= 0.6 is 20.0 Å². The average Bonchev–Trinajstić information content (AvgIpc) is 3.22. The third-order valence-electron chi connectivity index (χ3n) is 5.57. The van der Waals surface area contributed by atoms with Crippen LogP contribution in [0.5, 0.6) is 0 Å². The summed E-state index contributed by atoms with van der Waals surface area (Å²) in [7, 11) is -0.166. The number of rotatable bonds is 3. The van der Waals surface area contributed by atoms with Gasteiger partial charge in [-0.1, -0.05) is 79.2 Å². The fourth-order valence-electron chi connectivity index (χ4n) is 4.11. The molecule has 3 nitrogen and oxygen atoms in total. The van der Waals surface area contributed by atoms with Crippen LogP contribution in [0.3, 0.4) is 0 Å². The van der Waals surface area contributed by atoms with E-state index < -0.39 is 10.8 Å². The number of halogens is 1. The van der Waals surface area contributed by atoms with Crippen molar-refractivity contribution in [1.82, 2.24) is 9.54 Å². The molecule has 0 spiro atoms. The highest BCUT2D eigenvalue weighted by Crippen LogP contribution is 2.52. The SMILES string of the molecule is CC1c2nn(-c3ccccc3)pc2C(c2ccc(Cl)cc2)S(=O)C1c1ccccc1. The summed E-state index contributed by atoms with van der Waals surface area (Å²) in [4.78, 5) is 0. The second-order valence-electron chi connectivity index (χ2n) is 7.48. The molecule has 3 aromatic carbocycles. The lowest BCUT2D eigenvalue weighted by atomic mass is 9.94. The van der Waals surface area contributed by atoms with Crippen molar-refractivity contribution < 1.29 is 4.21 Å². The van der Waals surface area contributed by atoms with E-state index in [1.54, 1.807) is 0 Å². The summed E-state index contributed by atoms with van der Waals surface area (Å²) in [5, 5.41) is 6.49. The molecule has 0 fully saturated rings. The number of hydrogen-bond donors (Lipinski definition) is 0. The number of hydrogen-bond acceptors (Lipinski definition) is 2. The summed E-state index contributed by atoms with van der Waals surface area (Å²) in [5.74, 6) is 0.0630. The average molecular weight is 451 g/mol. The molecule has 1 aliphatic rings. The van der Waals surface area contributed by atoms with Gasteiger partial charge in [0.05, 0.1) is 21.9 Å². The van der Waals surface area contributed by atoms with E-state index in [2.05, 4.69) is 31.2 Å². The molecule has 4 aromatic rings. The van der Waals surface area contributed by atoms with Crippen molar-refractivity contribution in [2.45, 2.75) is 23.3 Å². The number of nitrogens with zero attached hydrogens (tertiary/aromatic N) is 2. The van der Waals surface area contributed by atoms with Crippen molar-refractivity contribution in [3.8, 4) is 5.69 Å². The van der Waals surface area contributed by atoms with Crippen LogP contribution in [-0.2, 0) is 10.8 Å². The van der Waals surface area contributed by atoms with Gasteiger partial charge in [0.1, 0.15) is 0 Å². The molecule has 5 rings (SSSR count). The second kappa shape index (κ2) is 8.11. The molecule has 0 amide bonds. The molecular formula is C24H20ClN2OPS. The molecule has 6 heteroatoms. The van der Waals surface area contributed by atoms with Crippen molar-refractivity contribution in [1.29, 1.82) is 0 Å². The van der Waals surface area contributed by atoms with Gasteiger partial charge in [-0.15, -0.1) is 0 Å². The van der Waals surface area contributed by atoms with Gasteiger partial charge in [0.2, 0.25) is 0 Å². The summed E-state index contributed by atoms with van der Waals surface area (Å²) >= 11 is 6.13. The molecule has 2 heterocycles. The minimum Gasteiger partial charge on any atom is -0.258 e. The van der Waals surface area contributed by atoms with Crippen molar-refractivity contribution in [3.63, 3.8) is 0 Å². The van der Waals surface area contributed by atoms with Gasteiger partial charge >= 0.3 is 0 Å². The van der Waals surface area contributed by atoms with E-state index in [0.717, 1.165) is 36.2 Å². The number of aromatic nitrogens is 2. The highest BCUT2D eigenvalue weighted by molar-refractivity contribution is 7.86. The molecule has 0 radical (unpaired) electrons. The molecule has 4 atom stereocenters. The first-order valence-electron chi connectivity index (χ1n) is 9.86. The molecule has 1 aromatic heterocycles. The first-order chi connectivity index (χ1) is 14.6. The van der Waals surface area contributed by atoms with Crippen LogP contribution in [0.25, 0.3) is 5.69 Å². The topological polar surface area (TPSA) is 34.9 Å². The lowest BCUT2D eigenvalue weighted by Crippen LogP contribution is -2.26. The van der Waals surface area contributed by atoms with Gasteiger partial charge in [0, 0.05) is 35.4 Å². The Balaban J connectivity index is 1.69. The predicted molar refractivity (Wildman–Crippen MR) is 125 cm³/mol. The van der Waals surface area contributed by atoms with Crippen LogP contribution in [-0.4, -0.2) is 13.8 Å². The van der Waals surface area contributed by atoms with Crippen LogP contribution in [0, 0.1) is 0 Å². The molecular weight excluding hydrogens is 431 g/mol. The third-order valence-corrected chi connectivity index (χ3v) is 9.36. The van der Waals surface area contributed by atoms with E-state index in [4.69, 9.17) is 16.7 Å². The quantitative estimate of drug-likeness (QED) is 0.344. The van der Waals surface area contributed by atoms with E-state index in [1.807, 2.05) is 65.1 Å². The second-order valence-corrected chi connectivity index (χ2v) is 10.6. The Morgan fingerprint density at radius 1 is 0.900 bits per heavy atom. The number of para-hydroxylation sites is 1. The Labute approximate surface area is 185 Å². The Hall–Kier alpha value is -2.26. The van der Waals surface area contributed by atoms with Crippen LogP contribution in [0.2, 0.25) is 5.02 Å². The van der Waals surface area contributed by atoms with Crippen molar-refractivity contribution in [2.24, 2.45) is 0 Å². The van der Waals surface area contributed by atoms with E-state index in [1.165, 1.54) is 0 Å². The maximum Gasteiger partial charge on any atom is 0.0929 e. The van der Waals surface area contributed by atoms with Crippen molar-refractivity contribution >= 4 is 30.8 Å². The minimum absolute atomic E-state index is 0.0630. The van der Waals surface area contributed by atoms with Gasteiger partial charge in [0.15, 0.2) is 0 Å². The lowest BCUT2D eigenvalue weighted by molar-refractivity contribution is 0.617. The van der Waals surface area contributed by atoms with E-state index in [9.17, 15) is 4.21 Å². The lowest BCUT2D eigenvalue weighted by Gasteiger charge is -2.33. The Morgan fingerprint density at radius 3 is 2.20 bits per heavy atom. The zero-order chi connectivity index (χ0) is 20.7. The highest BCUT2D eigenvalue weighted by Gasteiger charge is 2.43. The summed E-state index contributed by atoms with van der Waals surface area (Å²) < 4.78 is 16.0. The number of fused-ring (bicyclic) bond motifs is 1. The predicted octanol–water partition coefficient (Wildman–Crippen LogP) is 6.80. The molecule has 0 aliphatic carbocycles. The maximum absolute atomic E-state index is 14.0. The van der Waals surface area contributed by atoms with Gasteiger partial charge in [-0.05, 0) is 35.4 Å². The summed E-state index contributed by atoms with van der Waals surface area (Å²) in [6, 6.07) is 28.1. The molecule has 1 aliphatic heterocycles. The van der Waals surface area contributed by atoms with E-state index >= 15 is 0 Å². The molecule has 4 unspecified atom stereocenters. The first kappa shape index (κ1) is 19.7. The smallest absolute Gasteiger partial charge is 0.0929 e. The zero-order valence-electron chi connectivity index (χ0n) is 16.4. The van der Waals surface area contributed by atoms with Crippen LogP contribution < -0.4 is 0 Å². The fourth-order valence-corrected chi connectivity index (χ4v) is 7.91. The molecule has 150 valence electrons. The Bertz CT molecular complexity index is 1200. The number of benzene rings is 3. The standard InChI is InChI=1S/C24H20ClN2OPS/c1-16-21-22(29-27(26-21)20-10-6-3-7-11-20)24(18-12-14-19(25)15-13-18)30(28)23(16)17-8-4-2-5-9-17/h2-16,23-24H,1H3. The Morgan fingerprint density at radius 2 is 1.53 bits per heavy atom. The van der Waals surface area contributed by atoms with Gasteiger partial charge in [0.25, 0.3) is 0 Å². The first-order valence-corrected chi connectivity index (χ1v) is 12.4.